The van der Waals surface area contributed by atoms with Crippen LogP contribution in [0, 0.1) is 6.92 Å². The van der Waals surface area contributed by atoms with Crippen molar-refractivity contribution in [3.05, 3.63) is 59.7 Å². The molecule has 1 aliphatic heterocycles. The summed E-state index contributed by atoms with van der Waals surface area (Å²) in [7, 11) is 0. The molecule has 1 aliphatic rings. The molecule has 0 aromatic heterocycles. The van der Waals surface area contributed by atoms with Crippen LogP contribution in [0.15, 0.2) is 48.5 Å². The topological polar surface area (TPSA) is 55.8 Å². The van der Waals surface area contributed by atoms with Crippen LogP contribution in [0.4, 0.5) is 5.69 Å². The second-order valence-corrected chi connectivity index (χ2v) is 6.35. The largest absolute Gasteiger partial charge is 0.464 e. The summed E-state index contributed by atoms with van der Waals surface area (Å²) < 4.78 is 10.9. The molecule has 0 N–H and O–H groups in total. The molecular weight excluding hydrogens is 330 g/mol. The fraction of sp³-hybridized carbons (Fsp3) is 0.333. The summed E-state index contributed by atoms with van der Waals surface area (Å²) in [6.07, 6.45) is 0.187. The highest BCUT2D eigenvalue weighted by Gasteiger charge is 2.56. The summed E-state index contributed by atoms with van der Waals surface area (Å²) in [6, 6.07) is 15.0. The number of ether oxygens (including phenoxy) is 2. The van der Waals surface area contributed by atoms with Gasteiger partial charge in [0.25, 0.3) is 0 Å². The van der Waals surface area contributed by atoms with E-state index in [0.29, 0.717) is 12.3 Å². The van der Waals surface area contributed by atoms with E-state index in [1.807, 2.05) is 61.2 Å². The van der Waals surface area contributed by atoms with E-state index in [9.17, 15) is 9.59 Å². The van der Waals surface area contributed by atoms with Gasteiger partial charge in [-0.3, -0.25) is 0 Å². The third-order valence-corrected chi connectivity index (χ3v) is 4.64. The van der Waals surface area contributed by atoms with E-state index in [-0.39, 0.29) is 13.0 Å². The van der Waals surface area contributed by atoms with Crippen LogP contribution >= 0.6 is 0 Å². The lowest BCUT2D eigenvalue weighted by Gasteiger charge is -2.44. The molecule has 2 aromatic carbocycles. The van der Waals surface area contributed by atoms with Crippen molar-refractivity contribution < 1.29 is 19.1 Å². The Morgan fingerprint density at radius 1 is 1.15 bits per heavy atom. The van der Waals surface area contributed by atoms with Gasteiger partial charge < -0.3 is 14.4 Å². The number of benzene rings is 2. The van der Waals surface area contributed by atoms with Gasteiger partial charge in [0.05, 0.1) is 12.3 Å². The lowest BCUT2D eigenvalue weighted by molar-refractivity contribution is -0.160. The Labute approximate surface area is 153 Å². The smallest absolute Gasteiger partial charge is 0.349 e. The van der Waals surface area contributed by atoms with Gasteiger partial charge in [-0.1, -0.05) is 36.4 Å². The Hall–Kier alpha value is -2.82. The number of anilines is 1. The number of hydrogen-bond acceptors (Lipinski definition) is 5. The zero-order valence-electron chi connectivity index (χ0n) is 15.3. The van der Waals surface area contributed by atoms with Gasteiger partial charge in [0, 0.05) is 13.0 Å². The molecule has 0 aliphatic carbocycles. The first-order valence-electron chi connectivity index (χ1n) is 8.84. The third-order valence-electron chi connectivity index (χ3n) is 4.64. The third kappa shape index (κ3) is 2.94. The molecule has 2 aromatic rings. The average molecular weight is 353 g/mol. The molecule has 1 atom stereocenters. The number of aryl methyl sites for hydroxylation is 1. The molecule has 0 bridgehead atoms. The quantitative estimate of drug-likeness (QED) is 0.469. The molecule has 5 nitrogen and oxygen atoms in total. The molecule has 0 saturated heterocycles. The minimum atomic E-state index is -1.53. The van der Waals surface area contributed by atoms with Crippen LogP contribution < -0.4 is 9.64 Å². The van der Waals surface area contributed by atoms with Crippen molar-refractivity contribution in [2.24, 2.45) is 0 Å². The Balaban J connectivity index is 2.17. The maximum atomic E-state index is 13.1. The van der Waals surface area contributed by atoms with Gasteiger partial charge in [0.15, 0.2) is 5.75 Å². The van der Waals surface area contributed by atoms with Crippen molar-refractivity contribution in [2.75, 3.05) is 18.1 Å². The maximum Gasteiger partial charge on any atom is 0.349 e. The zero-order valence-corrected chi connectivity index (χ0v) is 15.3. The van der Waals surface area contributed by atoms with Crippen LogP contribution in [0.1, 0.15) is 25.0 Å². The summed E-state index contributed by atoms with van der Waals surface area (Å²) in [5.74, 6) is -0.712. The van der Waals surface area contributed by atoms with Crippen LogP contribution in [0.5, 0.6) is 5.75 Å². The average Bonchev–Trinajstić information content (AvgIpc) is 2.63. The van der Waals surface area contributed by atoms with Crippen LogP contribution in [0.3, 0.4) is 0 Å². The molecule has 0 saturated carbocycles. The lowest BCUT2D eigenvalue weighted by atomic mass is 9.86. The lowest BCUT2D eigenvalue weighted by Crippen LogP contribution is -2.66. The standard InChI is InChI=1S/C21H23NO4/c1-4-22-17-13-15(3)11-12-18(17)26-20(24)21(22,19(23)25-5-2)14-16-9-7-6-8-10-16/h6-13H,4-5,14H2,1-3H3. The van der Waals surface area contributed by atoms with E-state index in [2.05, 4.69) is 0 Å². The van der Waals surface area contributed by atoms with E-state index in [4.69, 9.17) is 9.47 Å². The van der Waals surface area contributed by atoms with Gasteiger partial charge >= 0.3 is 11.9 Å². The number of hydrogen-bond donors (Lipinski definition) is 0. The summed E-state index contributed by atoms with van der Waals surface area (Å²) in [5, 5.41) is 0. The van der Waals surface area contributed by atoms with E-state index in [1.165, 1.54) is 0 Å². The summed E-state index contributed by atoms with van der Waals surface area (Å²) in [5.41, 5.74) is 1.09. The van der Waals surface area contributed by atoms with Crippen LogP contribution in [-0.2, 0) is 20.7 Å². The molecule has 26 heavy (non-hydrogen) atoms. The Morgan fingerprint density at radius 3 is 2.54 bits per heavy atom. The zero-order chi connectivity index (χ0) is 18.7. The molecule has 0 amide bonds. The number of carbonyl (C=O) groups is 2. The Bertz CT molecular complexity index is 818. The van der Waals surface area contributed by atoms with Crippen molar-refractivity contribution in [1.29, 1.82) is 0 Å². The van der Waals surface area contributed by atoms with Crippen LogP contribution in [-0.4, -0.2) is 30.6 Å². The first-order valence-corrected chi connectivity index (χ1v) is 8.84. The summed E-state index contributed by atoms with van der Waals surface area (Å²) >= 11 is 0. The van der Waals surface area contributed by atoms with E-state index in [0.717, 1.165) is 16.8 Å². The van der Waals surface area contributed by atoms with Crippen molar-refractivity contribution in [3.63, 3.8) is 0 Å². The fourth-order valence-electron chi connectivity index (χ4n) is 3.44. The van der Waals surface area contributed by atoms with Crippen LogP contribution in [0.2, 0.25) is 0 Å². The first-order chi connectivity index (χ1) is 12.5. The summed E-state index contributed by atoms with van der Waals surface area (Å²) in [6.45, 7) is 6.28. The fourth-order valence-corrected chi connectivity index (χ4v) is 3.44. The number of fused-ring (bicyclic) bond motifs is 1. The summed E-state index contributed by atoms with van der Waals surface area (Å²) in [4.78, 5) is 27.9. The minimum Gasteiger partial charge on any atom is -0.464 e. The molecule has 3 rings (SSSR count). The van der Waals surface area contributed by atoms with Gasteiger partial charge in [-0.05, 0) is 44.0 Å². The van der Waals surface area contributed by atoms with Gasteiger partial charge in [0.2, 0.25) is 5.54 Å². The number of nitrogens with zero attached hydrogens (tertiary/aromatic N) is 1. The Kier molecular flexibility index (Phi) is 4.98. The molecular formula is C21H23NO4. The van der Waals surface area contributed by atoms with E-state index in [1.54, 1.807) is 13.0 Å². The maximum absolute atomic E-state index is 13.1. The molecule has 0 fully saturated rings. The normalized spacial score (nSPS) is 18.9. The second-order valence-electron chi connectivity index (χ2n) is 6.35. The highest BCUT2D eigenvalue weighted by atomic mass is 16.6. The predicted octanol–water partition coefficient (Wildman–Crippen LogP) is 3.28. The van der Waals surface area contributed by atoms with Gasteiger partial charge in [-0.15, -0.1) is 0 Å². The van der Waals surface area contributed by atoms with E-state index >= 15 is 0 Å². The minimum absolute atomic E-state index is 0.187. The van der Waals surface area contributed by atoms with Crippen molar-refractivity contribution in [1.82, 2.24) is 0 Å². The van der Waals surface area contributed by atoms with Crippen molar-refractivity contribution in [2.45, 2.75) is 32.7 Å². The number of carbonyl (C=O) groups excluding carboxylic acids is 2. The second kappa shape index (κ2) is 7.20. The number of esters is 2. The Morgan fingerprint density at radius 2 is 1.88 bits per heavy atom. The molecule has 1 unspecified atom stereocenters. The van der Waals surface area contributed by atoms with Gasteiger partial charge in [-0.2, -0.15) is 0 Å². The van der Waals surface area contributed by atoms with Gasteiger partial charge in [-0.25, -0.2) is 9.59 Å². The SMILES string of the molecule is CCOC(=O)C1(Cc2ccccc2)C(=O)Oc2ccc(C)cc2N1CC. The van der Waals surface area contributed by atoms with Crippen molar-refractivity contribution in [3.8, 4) is 5.75 Å². The van der Waals surface area contributed by atoms with E-state index < -0.39 is 17.5 Å². The molecule has 1 heterocycles. The molecule has 0 spiro atoms. The highest BCUT2D eigenvalue weighted by molar-refractivity contribution is 6.11. The number of rotatable bonds is 5. The predicted molar refractivity (Wildman–Crippen MR) is 99.3 cm³/mol. The number of likely N-dealkylation sites (N-methyl/N-ethyl adjacent to an activating group) is 1. The highest BCUT2D eigenvalue weighted by Crippen LogP contribution is 2.41. The monoisotopic (exact) mass is 353 g/mol. The molecule has 0 radical (unpaired) electrons. The van der Waals surface area contributed by atoms with Crippen molar-refractivity contribution >= 4 is 17.6 Å². The van der Waals surface area contributed by atoms with Gasteiger partial charge in [0.1, 0.15) is 0 Å². The van der Waals surface area contributed by atoms with Crippen LogP contribution in [0.25, 0.3) is 0 Å². The molecule has 5 heteroatoms. The molecule has 136 valence electrons. The first kappa shape index (κ1) is 18.0.